The van der Waals surface area contributed by atoms with Crippen molar-refractivity contribution in [2.24, 2.45) is 5.41 Å². The maximum atomic E-state index is 12.8. The summed E-state index contributed by atoms with van der Waals surface area (Å²) in [6, 6.07) is 11.4. The Morgan fingerprint density at radius 3 is 2.62 bits per heavy atom. The highest BCUT2D eigenvalue weighted by molar-refractivity contribution is 5.93. The summed E-state index contributed by atoms with van der Waals surface area (Å²) >= 11 is 0. The highest BCUT2D eigenvalue weighted by atomic mass is 16.4. The Labute approximate surface area is 140 Å². The van der Waals surface area contributed by atoms with E-state index in [0.29, 0.717) is 25.1 Å². The lowest BCUT2D eigenvalue weighted by Gasteiger charge is -2.37. The number of carbonyl (C=O) groups excluding carboxylic acids is 1. The van der Waals surface area contributed by atoms with E-state index in [9.17, 15) is 14.7 Å². The van der Waals surface area contributed by atoms with Crippen molar-refractivity contribution in [2.75, 3.05) is 13.1 Å². The molecule has 1 aliphatic rings. The van der Waals surface area contributed by atoms with Crippen molar-refractivity contribution < 1.29 is 14.7 Å². The van der Waals surface area contributed by atoms with Gasteiger partial charge >= 0.3 is 5.97 Å². The molecule has 126 valence electrons. The largest absolute Gasteiger partial charge is 0.481 e. The maximum Gasteiger partial charge on any atom is 0.311 e. The van der Waals surface area contributed by atoms with Crippen LogP contribution in [0.4, 0.5) is 0 Å². The van der Waals surface area contributed by atoms with Crippen molar-refractivity contribution in [3.05, 3.63) is 47.8 Å². The van der Waals surface area contributed by atoms with Crippen molar-refractivity contribution in [3.8, 4) is 5.69 Å². The van der Waals surface area contributed by atoms with E-state index >= 15 is 0 Å². The van der Waals surface area contributed by atoms with Crippen LogP contribution < -0.4 is 0 Å². The second-order valence-corrected chi connectivity index (χ2v) is 6.61. The second kappa shape index (κ2) is 6.11. The van der Waals surface area contributed by atoms with E-state index in [-0.39, 0.29) is 12.5 Å². The molecule has 0 saturated carbocycles. The summed E-state index contributed by atoms with van der Waals surface area (Å²) in [5, 5.41) is 13.8. The number of rotatable bonds is 3. The van der Waals surface area contributed by atoms with E-state index in [1.807, 2.05) is 37.3 Å². The van der Waals surface area contributed by atoms with Gasteiger partial charge in [0.2, 0.25) is 0 Å². The highest BCUT2D eigenvalue weighted by Crippen LogP contribution is 2.30. The predicted octanol–water partition coefficient (Wildman–Crippen LogP) is 2.51. The van der Waals surface area contributed by atoms with E-state index in [0.717, 1.165) is 11.4 Å². The average molecular weight is 327 g/mol. The summed E-state index contributed by atoms with van der Waals surface area (Å²) in [6.45, 7) is 4.38. The number of nitrogens with zero attached hydrogens (tertiary/aromatic N) is 3. The summed E-state index contributed by atoms with van der Waals surface area (Å²) in [6.07, 6.45) is 1.27. The van der Waals surface area contributed by atoms with Crippen molar-refractivity contribution in [2.45, 2.75) is 26.7 Å². The number of likely N-dealkylation sites (tertiary alicyclic amines) is 1. The lowest BCUT2D eigenvalue weighted by atomic mass is 9.82. The first-order chi connectivity index (χ1) is 11.4. The van der Waals surface area contributed by atoms with Crippen LogP contribution in [0.1, 0.15) is 35.9 Å². The van der Waals surface area contributed by atoms with Crippen LogP contribution in [0.2, 0.25) is 0 Å². The summed E-state index contributed by atoms with van der Waals surface area (Å²) in [5.74, 6) is -1.06. The molecule has 1 saturated heterocycles. The molecule has 1 amide bonds. The minimum atomic E-state index is -0.884. The van der Waals surface area contributed by atoms with Crippen LogP contribution >= 0.6 is 0 Å². The monoisotopic (exact) mass is 327 g/mol. The van der Waals surface area contributed by atoms with Gasteiger partial charge in [-0.1, -0.05) is 18.2 Å². The molecule has 0 aliphatic carbocycles. The zero-order valence-corrected chi connectivity index (χ0v) is 13.9. The third-order valence-corrected chi connectivity index (χ3v) is 4.61. The molecular formula is C18H21N3O3. The van der Waals surface area contributed by atoms with E-state index in [1.54, 1.807) is 22.6 Å². The van der Waals surface area contributed by atoms with E-state index in [2.05, 4.69) is 5.10 Å². The Hall–Kier alpha value is -2.63. The lowest BCUT2D eigenvalue weighted by Crippen LogP contribution is -2.48. The van der Waals surface area contributed by atoms with Crippen LogP contribution in [-0.2, 0) is 4.79 Å². The molecule has 2 heterocycles. The molecular weight excluding hydrogens is 306 g/mol. The number of amides is 1. The zero-order valence-electron chi connectivity index (χ0n) is 13.9. The number of carbonyl (C=O) groups is 2. The average Bonchev–Trinajstić information content (AvgIpc) is 2.96. The number of para-hydroxylation sites is 1. The zero-order chi connectivity index (χ0) is 17.3. The van der Waals surface area contributed by atoms with E-state index in [1.165, 1.54) is 0 Å². The standard InChI is InChI=1S/C18H21N3O3/c1-13-11-15(19-21(13)14-7-4-3-5-8-14)16(22)20-10-6-9-18(2,12-20)17(23)24/h3-5,7-8,11H,6,9-10,12H2,1-2H3,(H,23,24). The molecule has 1 aromatic heterocycles. The van der Waals surface area contributed by atoms with Crippen molar-refractivity contribution in [1.29, 1.82) is 0 Å². The highest BCUT2D eigenvalue weighted by Gasteiger charge is 2.40. The number of hydrogen-bond acceptors (Lipinski definition) is 3. The predicted molar refractivity (Wildman–Crippen MR) is 89.2 cm³/mol. The Morgan fingerprint density at radius 2 is 1.96 bits per heavy atom. The number of carboxylic acids is 1. The third-order valence-electron chi connectivity index (χ3n) is 4.61. The molecule has 1 fully saturated rings. The molecule has 0 radical (unpaired) electrons. The summed E-state index contributed by atoms with van der Waals surface area (Å²) in [5.41, 5.74) is 1.22. The van der Waals surface area contributed by atoms with E-state index < -0.39 is 11.4 Å². The first-order valence-electron chi connectivity index (χ1n) is 8.05. The smallest absolute Gasteiger partial charge is 0.311 e. The number of piperidine rings is 1. The molecule has 1 aromatic carbocycles. The number of hydrogen-bond donors (Lipinski definition) is 1. The van der Waals surface area contributed by atoms with Gasteiger partial charge in [-0.2, -0.15) is 5.10 Å². The van der Waals surface area contributed by atoms with Gasteiger partial charge in [0.05, 0.1) is 11.1 Å². The molecule has 24 heavy (non-hydrogen) atoms. The molecule has 0 bridgehead atoms. The fraction of sp³-hybridized carbons (Fsp3) is 0.389. The molecule has 1 unspecified atom stereocenters. The van der Waals surface area contributed by atoms with Crippen LogP contribution in [-0.4, -0.2) is 44.8 Å². The van der Waals surface area contributed by atoms with Crippen molar-refractivity contribution >= 4 is 11.9 Å². The maximum absolute atomic E-state index is 12.8. The van der Waals surface area contributed by atoms with Gasteiger partial charge in [0.15, 0.2) is 5.69 Å². The van der Waals surface area contributed by atoms with Gasteiger partial charge in [-0.3, -0.25) is 9.59 Å². The van der Waals surface area contributed by atoms with Gasteiger partial charge in [0.1, 0.15) is 0 Å². The number of aryl methyl sites for hydroxylation is 1. The van der Waals surface area contributed by atoms with Gasteiger partial charge < -0.3 is 10.0 Å². The van der Waals surface area contributed by atoms with Crippen LogP contribution in [0.5, 0.6) is 0 Å². The van der Waals surface area contributed by atoms with Crippen LogP contribution in [0.3, 0.4) is 0 Å². The van der Waals surface area contributed by atoms with Crippen LogP contribution in [0, 0.1) is 12.3 Å². The van der Waals surface area contributed by atoms with Gasteiger partial charge in [-0.25, -0.2) is 4.68 Å². The number of aromatic nitrogens is 2. The van der Waals surface area contributed by atoms with Crippen molar-refractivity contribution in [3.63, 3.8) is 0 Å². The van der Waals surface area contributed by atoms with E-state index in [4.69, 9.17) is 0 Å². The molecule has 2 aromatic rings. The molecule has 1 aliphatic heterocycles. The van der Waals surface area contributed by atoms with Gasteiger partial charge in [0, 0.05) is 18.8 Å². The second-order valence-electron chi connectivity index (χ2n) is 6.61. The summed E-state index contributed by atoms with van der Waals surface area (Å²) in [4.78, 5) is 25.8. The topological polar surface area (TPSA) is 75.4 Å². The minimum Gasteiger partial charge on any atom is -0.481 e. The summed E-state index contributed by atoms with van der Waals surface area (Å²) < 4.78 is 1.73. The first kappa shape index (κ1) is 16.2. The minimum absolute atomic E-state index is 0.208. The molecule has 6 heteroatoms. The van der Waals surface area contributed by atoms with Crippen molar-refractivity contribution in [1.82, 2.24) is 14.7 Å². The number of benzene rings is 1. The third kappa shape index (κ3) is 2.91. The molecule has 1 atom stereocenters. The lowest BCUT2D eigenvalue weighted by molar-refractivity contribution is -0.150. The van der Waals surface area contributed by atoms with Gasteiger partial charge in [0.25, 0.3) is 5.91 Å². The Bertz CT molecular complexity index is 769. The summed E-state index contributed by atoms with van der Waals surface area (Å²) in [7, 11) is 0. The quantitative estimate of drug-likeness (QED) is 0.940. The normalized spacial score (nSPS) is 20.8. The Morgan fingerprint density at radius 1 is 1.25 bits per heavy atom. The van der Waals surface area contributed by atoms with Crippen LogP contribution in [0.15, 0.2) is 36.4 Å². The molecule has 3 rings (SSSR count). The van der Waals surface area contributed by atoms with Gasteiger partial charge in [-0.05, 0) is 44.9 Å². The Balaban J connectivity index is 1.85. The molecule has 0 spiro atoms. The Kier molecular flexibility index (Phi) is 4.13. The molecule has 6 nitrogen and oxygen atoms in total. The number of aliphatic carboxylic acids is 1. The SMILES string of the molecule is Cc1cc(C(=O)N2CCCC(C)(C(=O)O)C2)nn1-c1ccccc1. The fourth-order valence-electron chi connectivity index (χ4n) is 3.16. The van der Waals surface area contributed by atoms with Gasteiger partial charge in [-0.15, -0.1) is 0 Å². The number of carboxylic acid groups (broad SMARTS) is 1. The van der Waals surface area contributed by atoms with Crippen LogP contribution in [0.25, 0.3) is 5.69 Å². The first-order valence-corrected chi connectivity index (χ1v) is 8.05. The fourth-order valence-corrected chi connectivity index (χ4v) is 3.16. The molecule has 1 N–H and O–H groups in total.